The first-order valence-corrected chi connectivity index (χ1v) is 8.83. The Balaban J connectivity index is 0.00000264. The van der Waals surface area contributed by atoms with Crippen molar-refractivity contribution >= 4 is 22.4 Å². The van der Waals surface area contributed by atoms with Crippen LogP contribution in [0.25, 0.3) is 0 Å². The van der Waals surface area contributed by atoms with E-state index >= 15 is 0 Å². The summed E-state index contributed by atoms with van der Waals surface area (Å²) in [6, 6.07) is 2.79. The number of halogens is 2. The van der Waals surface area contributed by atoms with Crippen LogP contribution in [-0.4, -0.2) is 46.5 Å². The molecule has 0 radical (unpaired) electrons. The Hall–Kier alpha value is -0.890. The number of sulfonamides is 1. The number of piperidine rings is 1. The van der Waals surface area contributed by atoms with Crippen molar-refractivity contribution in [2.24, 2.45) is 5.92 Å². The first-order chi connectivity index (χ1) is 10.4. The van der Waals surface area contributed by atoms with Crippen LogP contribution < -0.4 is 10.1 Å². The summed E-state index contributed by atoms with van der Waals surface area (Å²) in [5, 5.41) is 3.12. The predicted octanol–water partition coefficient (Wildman–Crippen LogP) is 2.18. The second kappa shape index (κ2) is 8.28. The van der Waals surface area contributed by atoms with E-state index in [1.165, 1.54) is 30.5 Å². The Morgan fingerprint density at radius 2 is 1.96 bits per heavy atom. The van der Waals surface area contributed by atoms with E-state index < -0.39 is 15.8 Å². The monoisotopic (exact) mass is 366 g/mol. The molecule has 0 spiro atoms. The second-order valence-corrected chi connectivity index (χ2v) is 7.52. The average Bonchev–Trinajstić information content (AvgIpc) is 2.50. The van der Waals surface area contributed by atoms with E-state index in [1.807, 2.05) is 7.05 Å². The van der Waals surface area contributed by atoms with E-state index in [0.717, 1.165) is 19.4 Å². The highest BCUT2D eigenvalue weighted by atomic mass is 35.5. The van der Waals surface area contributed by atoms with E-state index in [4.69, 9.17) is 4.74 Å². The van der Waals surface area contributed by atoms with Gasteiger partial charge in [-0.25, -0.2) is 12.8 Å². The molecule has 8 heteroatoms. The summed E-state index contributed by atoms with van der Waals surface area (Å²) < 4.78 is 45.9. The minimum absolute atomic E-state index is 0. The molecule has 0 aliphatic carbocycles. The van der Waals surface area contributed by atoms with Gasteiger partial charge in [-0.15, -0.1) is 12.4 Å². The smallest absolute Gasteiger partial charge is 0.243 e. The lowest BCUT2D eigenvalue weighted by Crippen LogP contribution is -2.40. The highest BCUT2D eigenvalue weighted by Crippen LogP contribution is 2.30. The molecule has 1 heterocycles. The van der Waals surface area contributed by atoms with Crippen molar-refractivity contribution < 1.29 is 17.5 Å². The van der Waals surface area contributed by atoms with Crippen LogP contribution in [0.5, 0.6) is 5.75 Å². The van der Waals surface area contributed by atoms with Crippen LogP contribution >= 0.6 is 12.4 Å². The Bertz CT molecular complexity index is 632. The topological polar surface area (TPSA) is 58.6 Å². The van der Waals surface area contributed by atoms with Gasteiger partial charge in [-0.05, 0) is 51.4 Å². The predicted molar refractivity (Wildman–Crippen MR) is 90.3 cm³/mol. The van der Waals surface area contributed by atoms with Gasteiger partial charge in [0.1, 0.15) is 0 Å². The van der Waals surface area contributed by atoms with Crippen molar-refractivity contribution in [1.82, 2.24) is 9.62 Å². The minimum atomic E-state index is -3.66. The molecule has 1 saturated heterocycles. The summed E-state index contributed by atoms with van der Waals surface area (Å²) in [5.41, 5.74) is 0.108. The van der Waals surface area contributed by atoms with Gasteiger partial charge in [0.2, 0.25) is 10.0 Å². The average molecular weight is 367 g/mol. The standard InChI is InChI=1S/C15H23FN2O3S.ClH/c1-11-14(5-4-13(21-3)15(11)16)22(19,20)18-8-6-12(7-9-18)10-17-2;/h4-5,12,17H,6-10H2,1-3H3;1H. The second-order valence-electron chi connectivity index (χ2n) is 5.61. The van der Waals surface area contributed by atoms with Gasteiger partial charge in [-0.3, -0.25) is 0 Å². The van der Waals surface area contributed by atoms with Crippen molar-refractivity contribution in [3.63, 3.8) is 0 Å². The Labute approximate surface area is 143 Å². The maximum atomic E-state index is 14.1. The molecule has 0 atom stereocenters. The molecule has 0 unspecified atom stereocenters. The number of benzene rings is 1. The van der Waals surface area contributed by atoms with E-state index in [0.29, 0.717) is 19.0 Å². The highest BCUT2D eigenvalue weighted by Gasteiger charge is 2.31. The number of ether oxygens (including phenoxy) is 1. The number of methoxy groups -OCH3 is 1. The van der Waals surface area contributed by atoms with Gasteiger partial charge >= 0.3 is 0 Å². The highest BCUT2D eigenvalue weighted by molar-refractivity contribution is 7.89. The van der Waals surface area contributed by atoms with E-state index in [2.05, 4.69) is 5.32 Å². The molecule has 0 bridgehead atoms. The van der Waals surface area contributed by atoms with Crippen LogP contribution in [0, 0.1) is 18.7 Å². The molecule has 0 amide bonds. The zero-order valence-corrected chi connectivity index (χ0v) is 15.3. The quantitative estimate of drug-likeness (QED) is 0.867. The van der Waals surface area contributed by atoms with E-state index in [-0.39, 0.29) is 28.6 Å². The van der Waals surface area contributed by atoms with Crippen molar-refractivity contribution in [2.45, 2.75) is 24.7 Å². The van der Waals surface area contributed by atoms with E-state index in [1.54, 1.807) is 0 Å². The molecule has 1 N–H and O–H groups in total. The van der Waals surface area contributed by atoms with E-state index in [9.17, 15) is 12.8 Å². The summed E-state index contributed by atoms with van der Waals surface area (Å²) in [6.45, 7) is 3.31. The van der Waals surface area contributed by atoms with Gasteiger partial charge in [0, 0.05) is 18.7 Å². The molecule has 1 fully saturated rings. The number of rotatable bonds is 5. The summed E-state index contributed by atoms with van der Waals surface area (Å²) in [7, 11) is -0.406. The van der Waals surface area contributed by atoms with Gasteiger partial charge in [0.25, 0.3) is 0 Å². The summed E-state index contributed by atoms with van der Waals surface area (Å²) in [6.07, 6.45) is 1.63. The molecule has 0 saturated carbocycles. The largest absolute Gasteiger partial charge is 0.494 e. The van der Waals surface area contributed by atoms with Crippen molar-refractivity contribution in [1.29, 1.82) is 0 Å². The molecule has 5 nitrogen and oxygen atoms in total. The van der Waals surface area contributed by atoms with Crippen molar-refractivity contribution in [2.75, 3.05) is 33.8 Å². The van der Waals surface area contributed by atoms with Gasteiger partial charge in [-0.1, -0.05) is 0 Å². The Kier molecular flexibility index (Phi) is 7.26. The summed E-state index contributed by atoms with van der Waals surface area (Å²) in [5.74, 6) is -0.0667. The van der Waals surface area contributed by atoms with Crippen LogP contribution in [-0.2, 0) is 10.0 Å². The molecular weight excluding hydrogens is 343 g/mol. The third kappa shape index (κ3) is 4.15. The fourth-order valence-electron chi connectivity index (χ4n) is 2.86. The fourth-order valence-corrected chi connectivity index (χ4v) is 4.55. The molecule has 1 aliphatic rings. The number of hydrogen-bond acceptors (Lipinski definition) is 4. The number of hydrogen-bond donors (Lipinski definition) is 1. The zero-order chi connectivity index (χ0) is 16.3. The van der Waals surface area contributed by atoms with Gasteiger partial charge in [0.05, 0.1) is 12.0 Å². The Morgan fingerprint density at radius 3 is 2.48 bits per heavy atom. The summed E-state index contributed by atoms with van der Waals surface area (Å²) in [4.78, 5) is 0.0258. The lowest BCUT2D eigenvalue weighted by Gasteiger charge is -2.31. The number of nitrogens with zero attached hydrogens (tertiary/aromatic N) is 1. The zero-order valence-electron chi connectivity index (χ0n) is 13.6. The van der Waals surface area contributed by atoms with Gasteiger partial charge < -0.3 is 10.1 Å². The molecule has 1 aliphatic heterocycles. The van der Waals surface area contributed by atoms with Crippen LogP contribution in [0.2, 0.25) is 0 Å². The van der Waals surface area contributed by atoms with Gasteiger partial charge in [0.15, 0.2) is 11.6 Å². The van der Waals surface area contributed by atoms with Crippen LogP contribution in [0.1, 0.15) is 18.4 Å². The maximum Gasteiger partial charge on any atom is 0.243 e. The lowest BCUT2D eigenvalue weighted by molar-refractivity contribution is 0.270. The minimum Gasteiger partial charge on any atom is -0.494 e. The SMILES string of the molecule is CNCC1CCN(S(=O)(=O)c2ccc(OC)c(F)c2C)CC1.Cl. The first-order valence-electron chi connectivity index (χ1n) is 7.39. The lowest BCUT2D eigenvalue weighted by atomic mass is 9.98. The first kappa shape index (κ1) is 20.2. The third-order valence-corrected chi connectivity index (χ3v) is 6.25. The van der Waals surface area contributed by atoms with Gasteiger partial charge in [-0.2, -0.15) is 4.31 Å². The van der Waals surface area contributed by atoms with Crippen molar-refractivity contribution in [3.05, 3.63) is 23.5 Å². The van der Waals surface area contributed by atoms with Crippen LogP contribution in [0.4, 0.5) is 4.39 Å². The molecule has 2 rings (SSSR count). The normalized spacial score (nSPS) is 16.9. The van der Waals surface area contributed by atoms with Crippen LogP contribution in [0.3, 0.4) is 0 Å². The van der Waals surface area contributed by atoms with Crippen molar-refractivity contribution in [3.8, 4) is 5.75 Å². The molecule has 0 aromatic heterocycles. The molecule has 1 aromatic carbocycles. The molecule has 1 aromatic rings. The van der Waals surface area contributed by atoms with Crippen LogP contribution in [0.15, 0.2) is 17.0 Å². The fraction of sp³-hybridized carbons (Fsp3) is 0.600. The third-order valence-electron chi connectivity index (χ3n) is 4.21. The Morgan fingerprint density at radius 1 is 1.35 bits per heavy atom. The number of nitrogens with one attached hydrogen (secondary N) is 1. The molecule has 23 heavy (non-hydrogen) atoms. The molecule has 132 valence electrons. The summed E-state index contributed by atoms with van der Waals surface area (Å²) >= 11 is 0. The maximum absolute atomic E-state index is 14.1. The molecular formula is C15H24ClFN2O3S.